The minimum atomic E-state index is 0.491. The van der Waals surface area contributed by atoms with Crippen LogP contribution < -0.4 is 0 Å². The summed E-state index contributed by atoms with van der Waals surface area (Å²) >= 11 is 1.77. The number of aromatic nitrogens is 2. The smallest absolute Gasteiger partial charge is 0.167 e. The van der Waals surface area contributed by atoms with E-state index in [4.69, 9.17) is 4.74 Å². The number of nitrogens with zero attached hydrogens (tertiary/aromatic N) is 2. The Bertz CT molecular complexity index is 340. The summed E-state index contributed by atoms with van der Waals surface area (Å²) in [5.74, 6) is 1.73. The number of hydrogen-bond donors (Lipinski definition) is 0. The van der Waals surface area contributed by atoms with Crippen molar-refractivity contribution in [3.8, 4) is 0 Å². The molecular weight excluding hydrogens is 232 g/mol. The lowest BCUT2D eigenvalue weighted by atomic mass is 9.88. The normalized spacial score (nSPS) is 25.1. The van der Waals surface area contributed by atoms with Gasteiger partial charge in [0.2, 0.25) is 0 Å². The molecule has 1 aromatic rings. The summed E-state index contributed by atoms with van der Waals surface area (Å²) in [6, 6.07) is 0. The van der Waals surface area contributed by atoms with Crippen LogP contribution in [0.2, 0.25) is 0 Å². The molecule has 1 heterocycles. The molecule has 0 amide bonds. The number of imidazole rings is 1. The summed E-state index contributed by atoms with van der Waals surface area (Å²) in [5.41, 5.74) is 0. The van der Waals surface area contributed by atoms with Gasteiger partial charge in [0.25, 0.3) is 0 Å². The number of thioether (sulfide) groups is 1. The Morgan fingerprint density at radius 3 is 3.00 bits per heavy atom. The van der Waals surface area contributed by atoms with Crippen LogP contribution in [0.3, 0.4) is 0 Å². The molecule has 1 aliphatic carbocycles. The zero-order chi connectivity index (χ0) is 12.1. The molecule has 2 unspecified atom stereocenters. The van der Waals surface area contributed by atoms with E-state index in [1.54, 1.807) is 11.8 Å². The zero-order valence-electron chi connectivity index (χ0n) is 10.8. The van der Waals surface area contributed by atoms with E-state index in [-0.39, 0.29) is 0 Å². The predicted molar refractivity (Wildman–Crippen MR) is 71.3 cm³/mol. The Morgan fingerprint density at radius 1 is 1.47 bits per heavy atom. The lowest BCUT2D eigenvalue weighted by Crippen LogP contribution is -2.26. The quantitative estimate of drug-likeness (QED) is 0.597. The number of hydrogen-bond acceptors (Lipinski definition) is 3. The van der Waals surface area contributed by atoms with E-state index in [9.17, 15) is 0 Å². The second-order valence-corrected chi connectivity index (χ2v) is 5.90. The van der Waals surface area contributed by atoms with Crippen molar-refractivity contribution < 1.29 is 4.74 Å². The number of aryl methyl sites for hydroxylation is 1. The van der Waals surface area contributed by atoms with Gasteiger partial charge in [0, 0.05) is 25.2 Å². The second kappa shape index (κ2) is 6.45. The Morgan fingerprint density at radius 2 is 2.29 bits per heavy atom. The molecule has 0 aliphatic heterocycles. The molecule has 0 bridgehead atoms. The summed E-state index contributed by atoms with van der Waals surface area (Å²) < 4.78 is 8.02. The van der Waals surface area contributed by atoms with Gasteiger partial charge in [-0.15, -0.1) is 0 Å². The van der Waals surface area contributed by atoms with Crippen LogP contribution in [0, 0.1) is 5.92 Å². The molecule has 17 heavy (non-hydrogen) atoms. The van der Waals surface area contributed by atoms with Gasteiger partial charge in [-0.3, -0.25) is 0 Å². The summed E-state index contributed by atoms with van der Waals surface area (Å²) in [5, 5.41) is 1.07. The second-order valence-electron chi connectivity index (χ2n) is 4.84. The molecule has 1 fully saturated rings. The van der Waals surface area contributed by atoms with Crippen molar-refractivity contribution in [2.75, 3.05) is 12.4 Å². The van der Waals surface area contributed by atoms with Crippen LogP contribution in [0.25, 0.3) is 0 Å². The van der Waals surface area contributed by atoms with Gasteiger partial charge in [0.15, 0.2) is 5.16 Å². The van der Waals surface area contributed by atoms with Crippen molar-refractivity contribution in [1.29, 1.82) is 0 Å². The maximum Gasteiger partial charge on any atom is 0.167 e. The molecule has 1 saturated carbocycles. The fourth-order valence-corrected chi connectivity index (χ4v) is 3.12. The molecule has 96 valence electrons. The molecule has 1 aromatic heterocycles. The lowest BCUT2D eigenvalue weighted by molar-refractivity contribution is 0.00345. The highest BCUT2D eigenvalue weighted by molar-refractivity contribution is 7.99. The molecule has 0 aromatic carbocycles. The molecule has 0 spiro atoms. The predicted octanol–water partition coefficient (Wildman–Crippen LogP) is 3.11. The fourth-order valence-electron chi connectivity index (χ4n) is 2.35. The van der Waals surface area contributed by atoms with E-state index in [2.05, 4.69) is 11.9 Å². The summed E-state index contributed by atoms with van der Waals surface area (Å²) in [6.07, 6.45) is 9.60. The largest absolute Gasteiger partial charge is 0.377 e. The number of rotatable bonds is 5. The van der Waals surface area contributed by atoms with Crippen molar-refractivity contribution in [3.63, 3.8) is 0 Å². The molecule has 4 heteroatoms. The third-order valence-corrected chi connectivity index (χ3v) is 4.48. The van der Waals surface area contributed by atoms with Crippen LogP contribution in [0.5, 0.6) is 0 Å². The number of ether oxygens (including phenoxy) is 1. The molecular formula is C13H22N2OS. The summed E-state index contributed by atoms with van der Waals surface area (Å²) in [6.45, 7) is 3.16. The lowest BCUT2D eigenvalue weighted by Gasteiger charge is -2.28. The van der Waals surface area contributed by atoms with Crippen molar-refractivity contribution in [2.24, 2.45) is 13.0 Å². The fraction of sp³-hybridized carbons (Fsp3) is 0.769. The molecule has 3 nitrogen and oxygen atoms in total. The van der Waals surface area contributed by atoms with Gasteiger partial charge in [-0.1, -0.05) is 31.5 Å². The summed E-state index contributed by atoms with van der Waals surface area (Å²) in [7, 11) is 2.03. The van der Waals surface area contributed by atoms with Crippen molar-refractivity contribution in [2.45, 2.75) is 43.9 Å². The van der Waals surface area contributed by atoms with Crippen LogP contribution in [-0.4, -0.2) is 28.0 Å². The minimum absolute atomic E-state index is 0.491. The van der Waals surface area contributed by atoms with Crippen LogP contribution in [-0.2, 0) is 11.8 Å². The Labute approximate surface area is 108 Å². The van der Waals surface area contributed by atoms with E-state index in [0.717, 1.165) is 23.4 Å². The van der Waals surface area contributed by atoms with Crippen molar-refractivity contribution in [1.82, 2.24) is 9.55 Å². The average Bonchev–Trinajstić information content (AvgIpc) is 2.73. The van der Waals surface area contributed by atoms with Gasteiger partial charge in [-0.05, 0) is 18.8 Å². The standard InChI is InChI=1S/C13H22N2OS/c1-11-5-3-4-6-12(11)16-9-10-17-13-14-7-8-15(13)2/h7-8,11-12H,3-6,9-10H2,1-2H3. The van der Waals surface area contributed by atoms with E-state index in [1.165, 1.54) is 25.7 Å². The van der Waals surface area contributed by atoms with Crippen LogP contribution >= 0.6 is 11.8 Å². The highest BCUT2D eigenvalue weighted by Crippen LogP contribution is 2.26. The van der Waals surface area contributed by atoms with Gasteiger partial charge in [0.05, 0.1) is 12.7 Å². The van der Waals surface area contributed by atoms with Gasteiger partial charge in [0.1, 0.15) is 0 Å². The van der Waals surface area contributed by atoms with E-state index >= 15 is 0 Å². The first-order valence-corrected chi connectivity index (χ1v) is 7.47. The SMILES string of the molecule is CC1CCCCC1OCCSc1nccn1C. The van der Waals surface area contributed by atoms with Gasteiger partial charge < -0.3 is 9.30 Å². The minimum Gasteiger partial charge on any atom is -0.377 e. The van der Waals surface area contributed by atoms with E-state index in [0.29, 0.717) is 6.10 Å². The highest BCUT2D eigenvalue weighted by atomic mass is 32.2. The average molecular weight is 254 g/mol. The molecule has 0 radical (unpaired) electrons. The maximum atomic E-state index is 5.98. The maximum absolute atomic E-state index is 5.98. The molecule has 0 N–H and O–H groups in total. The zero-order valence-corrected chi connectivity index (χ0v) is 11.6. The van der Waals surface area contributed by atoms with Crippen LogP contribution in [0.4, 0.5) is 0 Å². The topological polar surface area (TPSA) is 27.1 Å². The van der Waals surface area contributed by atoms with Gasteiger partial charge >= 0.3 is 0 Å². The highest BCUT2D eigenvalue weighted by Gasteiger charge is 2.21. The van der Waals surface area contributed by atoms with Crippen molar-refractivity contribution in [3.05, 3.63) is 12.4 Å². The van der Waals surface area contributed by atoms with Gasteiger partial charge in [-0.2, -0.15) is 0 Å². The Kier molecular flexibility index (Phi) is 4.92. The van der Waals surface area contributed by atoms with E-state index < -0.39 is 0 Å². The molecule has 2 rings (SSSR count). The third kappa shape index (κ3) is 3.75. The Hall–Kier alpha value is -0.480. The first kappa shape index (κ1) is 13.0. The Balaban J connectivity index is 1.64. The monoisotopic (exact) mass is 254 g/mol. The summed E-state index contributed by atoms with van der Waals surface area (Å²) in [4.78, 5) is 4.29. The van der Waals surface area contributed by atoms with Crippen LogP contribution in [0.15, 0.2) is 17.6 Å². The van der Waals surface area contributed by atoms with Crippen LogP contribution in [0.1, 0.15) is 32.6 Å². The molecule has 1 aliphatic rings. The van der Waals surface area contributed by atoms with Gasteiger partial charge in [-0.25, -0.2) is 4.98 Å². The first-order chi connectivity index (χ1) is 8.27. The molecule has 2 atom stereocenters. The molecule has 0 saturated heterocycles. The van der Waals surface area contributed by atoms with E-state index in [1.807, 2.05) is 24.0 Å². The third-order valence-electron chi connectivity index (χ3n) is 3.46. The first-order valence-electron chi connectivity index (χ1n) is 6.49. The van der Waals surface area contributed by atoms with Crippen molar-refractivity contribution >= 4 is 11.8 Å².